The Labute approximate surface area is 130 Å². The van der Waals surface area contributed by atoms with E-state index in [0.29, 0.717) is 6.54 Å². The molecule has 0 bridgehead atoms. The molecule has 5 heteroatoms. The quantitative estimate of drug-likeness (QED) is 0.730. The first-order valence-corrected chi connectivity index (χ1v) is 7.38. The molecule has 0 atom stereocenters. The molecule has 0 aliphatic rings. The van der Waals surface area contributed by atoms with Crippen molar-refractivity contribution in [1.82, 2.24) is 9.13 Å². The molecule has 0 radical (unpaired) electrons. The molecule has 0 fully saturated rings. The van der Waals surface area contributed by atoms with E-state index in [0.717, 1.165) is 26.8 Å². The Morgan fingerprint density at radius 3 is 2.57 bits per heavy atom. The molecule has 0 N–H and O–H groups in total. The molecule has 0 amide bonds. The van der Waals surface area contributed by atoms with Gasteiger partial charge in [-0.25, -0.2) is 4.79 Å². The highest BCUT2D eigenvalue weighted by atomic mass is 79.9. The second-order valence-corrected chi connectivity index (χ2v) is 5.73. The van der Waals surface area contributed by atoms with E-state index in [1.54, 1.807) is 23.3 Å². The van der Waals surface area contributed by atoms with Crippen molar-refractivity contribution in [2.45, 2.75) is 6.54 Å². The van der Waals surface area contributed by atoms with Crippen LogP contribution in [-0.4, -0.2) is 16.2 Å². The number of hydrogen-bond acceptors (Lipinski definition) is 2. The van der Waals surface area contributed by atoms with Gasteiger partial charge in [-0.15, -0.1) is 0 Å². The predicted molar refractivity (Wildman–Crippen MR) is 87.0 cm³/mol. The predicted octanol–water partition coefficient (Wildman–Crippen LogP) is 3.16. The van der Waals surface area contributed by atoms with Crippen LogP contribution >= 0.6 is 15.9 Å². The number of aryl methyl sites for hydroxylation is 1. The lowest BCUT2D eigenvalue weighted by atomic mass is 10.2. The fourth-order valence-electron chi connectivity index (χ4n) is 2.49. The van der Waals surface area contributed by atoms with Crippen molar-refractivity contribution in [2.24, 2.45) is 7.05 Å². The van der Waals surface area contributed by atoms with Gasteiger partial charge in [-0.2, -0.15) is 0 Å². The average molecular weight is 347 g/mol. The average Bonchev–Trinajstić information content (AvgIpc) is 2.75. The van der Waals surface area contributed by atoms with Crippen molar-refractivity contribution >= 4 is 27.0 Å². The van der Waals surface area contributed by atoms with Crippen LogP contribution in [0.25, 0.3) is 11.0 Å². The molecule has 108 valence electrons. The van der Waals surface area contributed by atoms with Crippen LogP contribution in [0.2, 0.25) is 0 Å². The van der Waals surface area contributed by atoms with Crippen molar-refractivity contribution in [1.29, 1.82) is 0 Å². The van der Waals surface area contributed by atoms with Gasteiger partial charge in [0.25, 0.3) is 0 Å². The van der Waals surface area contributed by atoms with Crippen molar-refractivity contribution in [3.63, 3.8) is 0 Å². The number of nitrogens with zero attached hydrogens (tertiary/aromatic N) is 2. The standard InChI is InChI=1S/C16H15BrN2O2/c1-18-14-5-3-4-6-15(14)19(16(18)20)10-11-9-12(21-2)7-8-13(11)17/h3-9H,10H2,1-2H3. The molecule has 3 aromatic rings. The molecular weight excluding hydrogens is 332 g/mol. The summed E-state index contributed by atoms with van der Waals surface area (Å²) in [5.74, 6) is 0.779. The van der Waals surface area contributed by atoms with Crippen LogP contribution in [0.15, 0.2) is 51.7 Å². The number of hydrogen-bond donors (Lipinski definition) is 0. The van der Waals surface area contributed by atoms with E-state index >= 15 is 0 Å². The topological polar surface area (TPSA) is 36.2 Å². The zero-order valence-corrected chi connectivity index (χ0v) is 13.4. The number of halogens is 1. The Kier molecular flexibility index (Phi) is 3.59. The van der Waals surface area contributed by atoms with Gasteiger partial charge in [0.1, 0.15) is 5.75 Å². The fourth-order valence-corrected chi connectivity index (χ4v) is 2.86. The number of ether oxygens (including phenoxy) is 1. The molecule has 0 saturated heterocycles. The monoisotopic (exact) mass is 346 g/mol. The summed E-state index contributed by atoms with van der Waals surface area (Å²) in [5, 5.41) is 0. The zero-order chi connectivity index (χ0) is 15.0. The molecule has 21 heavy (non-hydrogen) atoms. The Hall–Kier alpha value is -2.01. The van der Waals surface area contributed by atoms with Gasteiger partial charge in [0.2, 0.25) is 0 Å². The normalized spacial score (nSPS) is 11.0. The number of rotatable bonds is 3. The Balaban J connectivity index is 2.15. The molecule has 2 aromatic carbocycles. The van der Waals surface area contributed by atoms with Gasteiger partial charge in [0, 0.05) is 11.5 Å². The molecule has 3 rings (SSSR count). The van der Waals surface area contributed by atoms with Crippen molar-refractivity contribution in [3.05, 3.63) is 63.0 Å². The summed E-state index contributed by atoms with van der Waals surface area (Å²) in [6.07, 6.45) is 0. The summed E-state index contributed by atoms with van der Waals surface area (Å²) in [6, 6.07) is 13.6. The maximum absolute atomic E-state index is 12.4. The number of methoxy groups -OCH3 is 1. The van der Waals surface area contributed by atoms with E-state index in [4.69, 9.17) is 4.74 Å². The number of fused-ring (bicyclic) bond motifs is 1. The van der Waals surface area contributed by atoms with Gasteiger partial charge < -0.3 is 4.74 Å². The lowest BCUT2D eigenvalue weighted by Gasteiger charge is -2.08. The molecule has 0 spiro atoms. The Bertz CT molecular complexity index is 864. The van der Waals surface area contributed by atoms with Crippen LogP contribution in [-0.2, 0) is 13.6 Å². The third-order valence-electron chi connectivity index (χ3n) is 3.63. The summed E-state index contributed by atoms with van der Waals surface area (Å²) in [4.78, 5) is 12.4. The molecule has 0 aliphatic heterocycles. The molecule has 0 aliphatic carbocycles. The highest BCUT2D eigenvalue weighted by Gasteiger charge is 2.12. The minimum Gasteiger partial charge on any atom is -0.497 e. The van der Waals surface area contributed by atoms with E-state index < -0.39 is 0 Å². The van der Waals surface area contributed by atoms with Gasteiger partial charge in [-0.3, -0.25) is 9.13 Å². The van der Waals surface area contributed by atoms with Crippen LogP contribution < -0.4 is 10.4 Å². The fraction of sp³-hybridized carbons (Fsp3) is 0.188. The number of aromatic nitrogens is 2. The molecular formula is C16H15BrN2O2. The van der Waals surface area contributed by atoms with Crippen LogP contribution in [0.4, 0.5) is 0 Å². The molecule has 0 unspecified atom stereocenters. The third kappa shape index (κ3) is 2.38. The second-order valence-electron chi connectivity index (χ2n) is 4.87. The first kappa shape index (κ1) is 13.9. The lowest BCUT2D eigenvalue weighted by molar-refractivity contribution is 0.414. The smallest absolute Gasteiger partial charge is 0.329 e. The van der Waals surface area contributed by atoms with Crippen molar-refractivity contribution in [2.75, 3.05) is 7.11 Å². The molecule has 4 nitrogen and oxygen atoms in total. The summed E-state index contributed by atoms with van der Waals surface area (Å²) in [7, 11) is 3.43. The van der Waals surface area contributed by atoms with Crippen LogP contribution in [0.5, 0.6) is 5.75 Å². The number of imidazole rings is 1. The van der Waals surface area contributed by atoms with E-state index in [1.165, 1.54) is 0 Å². The van der Waals surface area contributed by atoms with Gasteiger partial charge in [0.05, 0.1) is 24.7 Å². The SMILES string of the molecule is COc1ccc(Br)c(Cn2c(=O)n(C)c3ccccc32)c1. The Morgan fingerprint density at radius 2 is 1.86 bits per heavy atom. The minimum absolute atomic E-state index is 0.0223. The van der Waals surface area contributed by atoms with Gasteiger partial charge >= 0.3 is 5.69 Å². The van der Waals surface area contributed by atoms with E-state index in [2.05, 4.69) is 15.9 Å². The maximum atomic E-state index is 12.4. The zero-order valence-electron chi connectivity index (χ0n) is 11.8. The first-order valence-electron chi connectivity index (χ1n) is 6.58. The largest absolute Gasteiger partial charge is 0.497 e. The lowest BCUT2D eigenvalue weighted by Crippen LogP contribution is -2.22. The summed E-state index contributed by atoms with van der Waals surface area (Å²) in [6.45, 7) is 0.498. The Morgan fingerprint density at radius 1 is 1.14 bits per heavy atom. The van der Waals surface area contributed by atoms with E-state index in [1.807, 2.05) is 42.5 Å². The van der Waals surface area contributed by atoms with Gasteiger partial charge in [0.15, 0.2) is 0 Å². The van der Waals surface area contributed by atoms with Crippen LogP contribution in [0.3, 0.4) is 0 Å². The second kappa shape index (κ2) is 5.41. The molecule has 1 heterocycles. The number of para-hydroxylation sites is 2. The van der Waals surface area contributed by atoms with E-state index in [9.17, 15) is 4.79 Å². The maximum Gasteiger partial charge on any atom is 0.329 e. The minimum atomic E-state index is -0.0223. The summed E-state index contributed by atoms with van der Waals surface area (Å²) >= 11 is 3.53. The van der Waals surface area contributed by atoms with Crippen LogP contribution in [0.1, 0.15) is 5.56 Å². The van der Waals surface area contributed by atoms with Gasteiger partial charge in [-0.1, -0.05) is 28.1 Å². The third-order valence-corrected chi connectivity index (χ3v) is 4.41. The van der Waals surface area contributed by atoms with Crippen molar-refractivity contribution < 1.29 is 4.74 Å². The van der Waals surface area contributed by atoms with Gasteiger partial charge in [-0.05, 0) is 35.9 Å². The van der Waals surface area contributed by atoms with Crippen LogP contribution in [0, 0.1) is 0 Å². The highest BCUT2D eigenvalue weighted by molar-refractivity contribution is 9.10. The summed E-state index contributed by atoms with van der Waals surface area (Å²) < 4.78 is 9.66. The first-order chi connectivity index (χ1) is 10.1. The molecule has 1 aromatic heterocycles. The summed E-state index contributed by atoms with van der Waals surface area (Å²) in [5.41, 5.74) is 2.85. The highest BCUT2D eigenvalue weighted by Crippen LogP contribution is 2.24. The van der Waals surface area contributed by atoms with E-state index in [-0.39, 0.29) is 5.69 Å². The number of benzene rings is 2. The molecule has 0 saturated carbocycles. The van der Waals surface area contributed by atoms with Crippen molar-refractivity contribution in [3.8, 4) is 5.75 Å².